The van der Waals surface area contributed by atoms with Gasteiger partial charge in [-0.05, 0) is 24.6 Å². The molecule has 0 aliphatic carbocycles. The summed E-state index contributed by atoms with van der Waals surface area (Å²) in [7, 11) is -3.40. The topological polar surface area (TPSA) is 72.8 Å². The van der Waals surface area contributed by atoms with Crippen LogP contribution in [0.15, 0.2) is 36.4 Å². The summed E-state index contributed by atoms with van der Waals surface area (Å²) in [6, 6.07) is 9.81. The van der Waals surface area contributed by atoms with E-state index in [1.807, 2.05) is 36.9 Å². The van der Waals surface area contributed by atoms with E-state index in [-0.39, 0.29) is 6.42 Å². The lowest BCUT2D eigenvalue weighted by Crippen LogP contribution is -2.37. The minimum absolute atomic E-state index is 0.257. The fourth-order valence-corrected chi connectivity index (χ4v) is 4.13. The van der Waals surface area contributed by atoms with Gasteiger partial charge in [0, 0.05) is 14.2 Å². The van der Waals surface area contributed by atoms with E-state index >= 15 is 0 Å². The van der Waals surface area contributed by atoms with Crippen molar-refractivity contribution in [1.29, 1.82) is 0 Å². The molecule has 1 unspecified atom stereocenters. The molecule has 1 aromatic carbocycles. The van der Waals surface area contributed by atoms with Crippen LogP contribution < -0.4 is 0 Å². The van der Waals surface area contributed by atoms with Crippen molar-refractivity contribution in [2.24, 2.45) is 0 Å². The summed E-state index contributed by atoms with van der Waals surface area (Å²) in [5.74, 6) is 0. The van der Waals surface area contributed by atoms with Crippen LogP contribution >= 0.6 is 0 Å². The summed E-state index contributed by atoms with van der Waals surface area (Å²) >= 11 is 0. The molecule has 7 heteroatoms. The maximum absolute atomic E-state index is 11.5. The highest BCUT2D eigenvalue weighted by molar-refractivity contribution is 7.86. The maximum atomic E-state index is 11.5. The molecule has 21 heavy (non-hydrogen) atoms. The summed E-state index contributed by atoms with van der Waals surface area (Å²) in [6.45, 7) is 1.86. The van der Waals surface area contributed by atoms with E-state index in [0.717, 1.165) is 5.56 Å². The molecule has 0 saturated carbocycles. The van der Waals surface area contributed by atoms with Gasteiger partial charge < -0.3 is 8.85 Å². The zero-order chi connectivity index (χ0) is 15.9. The van der Waals surface area contributed by atoms with E-state index < -0.39 is 23.9 Å². The van der Waals surface area contributed by atoms with Gasteiger partial charge in [-0.15, -0.1) is 0 Å². The molecule has 1 aromatic rings. The second-order valence-electron chi connectivity index (χ2n) is 4.90. The van der Waals surface area contributed by atoms with Crippen molar-refractivity contribution in [1.82, 2.24) is 0 Å². The molecule has 0 aliphatic heterocycles. The van der Waals surface area contributed by atoms with Crippen LogP contribution in [-0.4, -0.2) is 41.0 Å². The lowest BCUT2D eigenvalue weighted by molar-refractivity contribution is 0.248. The van der Waals surface area contributed by atoms with Gasteiger partial charge in [0.2, 0.25) is 0 Å². The van der Waals surface area contributed by atoms with Crippen molar-refractivity contribution in [2.45, 2.75) is 24.3 Å². The van der Waals surface area contributed by atoms with Gasteiger partial charge in [-0.1, -0.05) is 42.5 Å². The standard InChI is InChI=1S/C14H22O5SSi/c1-18-21(3,19-2)12-11-14(20(15,16)17)10-9-13-7-5-4-6-8-13/h4-10,14H,11-12H2,1-3H3,(H,15,16,17). The summed E-state index contributed by atoms with van der Waals surface area (Å²) < 4.78 is 43.0. The van der Waals surface area contributed by atoms with Crippen molar-refractivity contribution < 1.29 is 21.8 Å². The van der Waals surface area contributed by atoms with Gasteiger partial charge in [0.1, 0.15) is 5.25 Å². The quantitative estimate of drug-likeness (QED) is 0.586. The molecule has 0 radical (unpaired) electrons. The van der Waals surface area contributed by atoms with Gasteiger partial charge in [-0.25, -0.2) is 0 Å². The van der Waals surface area contributed by atoms with Gasteiger partial charge >= 0.3 is 8.56 Å². The van der Waals surface area contributed by atoms with Crippen LogP contribution in [0, 0.1) is 0 Å². The maximum Gasteiger partial charge on any atom is 0.334 e. The molecule has 0 aliphatic rings. The number of hydrogen-bond acceptors (Lipinski definition) is 4. The Labute approximate surface area is 127 Å². The Balaban J connectivity index is 2.81. The molecule has 0 heterocycles. The average Bonchev–Trinajstić information content (AvgIpc) is 2.46. The van der Waals surface area contributed by atoms with Crippen LogP contribution in [-0.2, 0) is 19.0 Å². The van der Waals surface area contributed by atoms with E-state index in [0.29, 0.717) is 6.04 Å². The highest BCUT2D eigenvalue weighted by Gasteiger charge is 2.31. The zero-order valence-corrected chi connectivity index (χ0v) is 14.3. The van der Waals surface area contributed by atoms with E-state index in [1.165, 1.54) is 6.08 Å². The molecule has 1 N–H and O–H groups in total. The Morgan fingerprint density at radius 2 is 1.81 bits per heavy atom. The molecule has 0 aromatic heterocycles. The van der Waals surface area contributed by atoms with Gasteiger partial charge in [0.05, 0.1) is 0 Å². The summed E-state index contributed by atoms with van der Waals surface area (Å²) in [6.07, 6.45) is 3.45. The molecule has 1 rings (SSSR count). The van der Waals surface area contributed by atoms with E-state index in [9.17, 15) is 13.0 Å². The van der Waals surface area contributed by atoms with Gasteiger partial charge in [-0.2, -0.15) is 8.42 Å². The van der Waals surface area contributed by atoms with Crippen LogP contribution in [0.25, 0.3) is 6.08 Å². The van der Waals surface area contributed by atoms with Crippen molar-refractivity contribution in [3.05, 3.63) is 42.0 Å². The first-order valence-corrected chi connectivity index (χ1v) is 10.6. The Bertz CT molecular complexity index is 552. The third kappa shape index (κ3) is 6.11. The molecule has 1 atom stereocenters. The molecule has 0 spiro atoms. The van der Waals surface area contributed by atoms with Gasteiger partial charge in [-0.3, -0.25) is 4.55 Å². The molecule has 118 valence electrons. The second-order valence-corrected chi connectivity index (χ2v) is 10.1. The van der Waals surface area contributed by atoms with E-state index in [2.05, 4.69) is 0 Å². The molecular formula is C14H22O5SSi. The van der Waals surface area contributed by atoms with Gasteiger partial charge in [0.15, 0.2) is 0 Å². The fraction of sp³-hybridized carbons (Fsp3) is 0.429. The van der Waals surface area contributed by atoms with Crippen LogP contribution in [0.4, 0.5) is 0 Å². The largest absolute Gasteiger partial charge is 0.398 e. The number of rotatable bonds is 8. The fourth-order valence-electron chi connectivity index (χ4n) is 1.82. The summed E-state index contributed by atoms with van der Waals surface area (Å²) in [5, 5.41) is -0.963. The third-order valence-corrected chi connectivity index (χ3v) is 7.51. The lowest BCUT2D eigenvalue weighted by Gasteiger charge is -2.23. The Hall–Kier alpha value is -0.993. The normalized spacial score (nSPS) is 14.5. The van der Waals surface area contributed by atoms with Crippen LogP contribution in [0.3, 0.4) is 0 Å². The minimum atomic E-state index is -4.15. The molecular weight excluding hydrogens is 308 g/mol. The van der Waals surface area contributed by atoms with Gasteiger partial charge in [0.25, 0.3) is 10.1 Å². The first-order chi connectivity index (χ1) is 9.80. The zero-order valence-electron chi connectivity index (χ0n) is 12.5. The van der Waals surface area contributed by atoms with Crippen LogP contribution in [0.1, 0.15) is 12.0 Å². The van der Waals surface area contributed by atoms with Crippen molar-refractivity contribution in [3.8, 4) is 0 Å². The number of hydrogen-bond donors (Lipinski definition) is 1. The Morgan fingerprint density at radius 3 is 2.29 bits per heavy atom. The predicted octanol–water partition coefficient (Wildman–Crippen LogP) is 2.71. The Kier molecular flexibility index (Phi) is 6.76. The van der Waals surface area contributed by atoms with E-state index in [1.54, 1.807) is 20.3 Å². The number of benzene rings is 1. The predicted molar refractivity (Wildman–Crippen MR) is 85.9 cm³/mol. The summed E-state index contributed by atoms with van der Waals surface area (Å²) in [5.41, 5.74) is 0.879. The van der Waals surface area contributed by atoms with Crippen LogP contribution in [0.2, 0.25) is 12.6 Å². The first-order valence-electron chi connectivity index (χ1n) is 6.60. The smallest absolute Gasteiger partial charge is 0.334 e. The first kappa shape index (κ1) is 18.1. The average molecular weight is 330 g/mol. The SMILES string of the molecule is CO[Si](C)(CCC(C=Cc1ccccc1)S(=O)(=O)O)OC. The summed E-state index contributed by atoms with van der Waals surface area (Å²) in [4.78, 5) is 0. The molecule has 0 fully saturated rings. The molecule has 5 nitrogen and oxygen atoms in total. The molecule has 0 amide bonds. The highest BCUT2D eigenvalue weighted by Crippen LogP contribution is 2.20. The van der Waals surface area contributed by atoms with Crippen LogP contribution in [0.5, 0.6) is 0 Å². The van der Waals surface area contributed by atoms with Crippen molar-refractivity contribution >= 4 is 24.8 Å². The van der Waals surface area contributed by atoms with Crippen molar-refractivity contribution in [3.63, 3.8) is 0 Å². The third-order valence-electron chi connectivity index (χ3n) is 3.43. The molecule has 0 saturated heterocycles. The monoisotopic (exact) mass is 330 g/mol. The minimum Gasteiger partial charge on any atom is -0.398 e. The lowest BCUT2D eigenvalue weighted by atomic mass is 10.2. The highest BCUT2D eigenvalue weighted by atomic mass is 32.2. The molecule has 0 bridgehead atoms. The Morgan fingerprint density at radius 1 is 1.24 bits per heavy atom. The van der Waals surface area contributed by atoms with Crippen molar-refractivity contribution in [2.75, 3.05) is 14.2 Å². The second kappa shape index (κ2) is 7.86. The van der Waals surface area contributed by atoms with E-state index in [4.69, 9.17) is 8.85 Å².